The van der Waals surface area contributed by atoms with Crippen LogP contribution in [0.3, 0.4) is 0 Å². The number of nitrogens with one attached hydrogen (secondary N) is 1. The molecular formula is C25H23N3O2S. The Morgan fingerprint density at radius 3 is 2.32 bits per heavy atom. The van der Waals surface area contributed by atoms with Crippen molar-refractivity contribution in [1.82, 2.24) is 9.88 Å². The Balaban J connectivity index is 1.79. The summed E-state index contributed by atoms with van der Waals surface area (Å²) in [5, 5.41) is 2.75. The van der Waals surface area contributed by atoms with Gasteiger partial charge in [0.1, 0.15) is 5.57 Å². The summed E-state index contributed by atoms with van der Waals surface area (Å²) in [4.78, 5) is 27.5. The minimum atomic E-state index is -0.495. The highest BCUT2D eigenvalue weighted by molar-refractivity contribution is 7.80. The zero-order chi connectivity index (χ0) is 22.3. The first-order valence-electron chi connectivity index (χ1n) is 10.00. The molecule has 1 aliphatic heterocycles. The number of amides is 2. The Morgan fingerprint density at radius 1 is 0.871 bits per heavy atom. The van der Waals surface area contributed by atoms with Crippen LogP contribution in [-0.2, 0) is 9.59 Å². The van der Waals surface area contributed by atoms with Gasteiger partial charge in [0.05, 0.1) is 5.69 Å². The van der Waals surface area contributed by atoms with Gasteiger partial charge in [0, 0.05) is 17.6 Å². The van der Waals surface area contributed by atoms with Crippen molar-refractivity contribution in [3.05, 3.63) is 88.2 Å². The molecular weight excluding hydrogens is 406 g/mol. The van der Waals surface area contributed by atoms with E-state index in [2.05, 4.69) is 11.4 Å². The quantitative estimate of drug-likeness (QED) is 0.378. The molecule has 2 aromatic carbocycles. The highest BCUT2D eigenvalue weighted by Crippen LogP contribution is 2.27. The number of nitrogens with zero attached hydrogens (tertiary/aromatic N) is 2. The first-order valence-corrected chi connectivity index (χ1v) is 10.4. The third kappa shape index (κ3) is 3.82. The number of rotatable bonds is 3. The van der Waals surface area contributed by atoms with Crippen LogP contribution in [0.1, 0.15) is 27.9 Å². The normalized spacial score (nSPS) is 15.5. The van der Waals surface area contributed by atoms with Gasteiger partial charge in [0.25, 0.3) is 11.8 Å². The molecule has 31 heavy (non-hydrogen) atoms. The van der Waals surface area contributed by atoms with Crippen LogP contribution >= 0.6 is 12.2 Å². The first kappa shape index (κ1) is 20.8. The smallest absolute Gasteiger partial charge is 0.270 e. The maximum Gasteiger partial charge on any atom is 0.270 e. The number of carbonyl (C=O) groups is 2. The molecule has 2 amide bonds. The fourth-order valence-corrected chi connectivity index (χ4v) is 4.07. The molecule has 1 saturated heterocycles. The summed E-state index contributed by atoms with van der Waals surface area (Å²) < 4.78 is 1.97. The minimum Gasteiger partial charge on any atom is -0.317 e. The van der Waals surface area contributed by atoms with Crippen molar-refractivity contribution in [3.63, 3.8) is 0 Å². The van der Waals surface area contributed by atoms with E-state index < -0.39 is 11.8 Å². The Bertz CT molecular complexity index is 1270. The zero-order valence-electron chi connectivity index (χ0n) is 17.9. The van der Waals surface area contributed by atoms with E-state index in [9.17, 15) is 9.59 Å². The van der Waals surface area contributed by atoms with E-state index >= 15 is 0 Å². The monoisotopic (exact) mass is 429 g/mol. The molecule has 1 N–H and O–H groups in total. The fraction of sp³-hybridized carbons (Fsp3) is 0.160. The van der Waals surface area contributed by atoms with Crippen molar-refractivity contribution in [1.29, 1.82) is 0 Å². The SMILES string of the molecule is Cc1ccc(-n2cccc2/C=C2\C(=O)NC(=S)N(c3cc(C)ccc3C)C2=O)c(C)c1. The Kier molecular flexibility index (Phi) is 5.33. The molecule has 0 saturated carbocycles. The van der Waals surface area contributed by atoms with Crippen LogP contribution in [0.4, 0.5) is 5.69 Å². The van der Waals surface area contributed by atoms with Crippen LogP contribution in [0.25, 0.3) is 11.8 Å². The summed E-state index contributed by atoms with van der Waals surface area (Å²) in [6, 6.07) is 15.8. The predicted octanol–water partition coefficient (Wildman–Crippen LogP) is 4.54. The number of hydrogen-bond acceptors (Lipinski definition) is 3. The Labute approximate surface area is 187 Å². The van der Waals surface area contributed by atoms with Crippen molar-refractivity contribution < 1.29 is 9.59 Å². The molecule has 0 bridgehead atoms. The van der Waals surface area contributed by atoms with Gasteiger partial charge < -0.3 is 4.57 Å². The summed E-state index contributed by atoms with van der Waals surface area (Å²) in [6.45, 7) is 7.95. The molecule has 6 heteroatoms. The third-order valence-corrected chi connectivity index (χ3v) is 5.68. The van der Waals surface area contributed by atoms with Crippen molar-refractivity contribution >= 4 is 40.9 Å². The van der Waals surface area contributed by atoms with E-state index in [4.69, 9.17) is 12.2 Å². The number of carbonyl (C=O) groups excluding carboxylic acids is 2. The molecule has 2 heterocycles. The number of hydrogen-bond donors (Lipinski definition) is 1. The Hall–Kier alpha value is -3.51. The average molecular weight is 430 g/mol. The molecule has 1 aliphatic rings. The maximum absolute atomic E-state index is 13.4. The standard InChI is InChI=1S/C25H23N3O2S/c1-15-8-10-21(18(4)12-15)27-11-5-6-19(27)14-20-23(29)26-25(31)28(24(20)30)22-13-16(2)7-9-17(22)3/h5-14H,1-4H3,(H,26,29,31)/b20-14+. The second kappa shape index (κ2) is 7.96. The number of aromatic nitrogens is 1. The molecule has 0 spiro atoms. The van der Waals surface area contributed by atoms with E-state index in [1.165, 1.54) is 10.5 Å². The molecule has 156 valence electrons. The lowest BCUT2D eigenvalue weighted by Gasteiger charge is -2.30. The van der Waals surface area contributed by atoms with Crippen LogP contribution in [0.5, 0.6) is 0 Å². The van der Waals surface area contributed by atoms with E-state index in [1.807, 2.05) is 80.9 Å². The number of anilines is 1. The lowest BCUT2D eigenvalue weighted by Crippen LogP contribution is -2.54. The molecule has 1 fully saturated rings. The highest BCUT2D eigenvalue weighted by atomic mass is 32.1. The largest absolute Gasteiger partial charge is 0.317 e. The number of aryl methyl sites for hydroxylation is 4. The summed E-state index contributed by atoms with van der Waals surface area (Å²) in [5.41, 5.74) is 6.62. The van der Waals surface area contributed by atoms with Crippen LogP contribution in [0.15, 0.2) is 60.3 Å². The van der Waals surface area contributed by atoms with Crippen LogP contribution in [0, 0.1) is 27.7 Å². The van der Waals surface area contributed by atoms with Crippen molar-refractivity contribution in [2.75, 3.05) is 4.90 Å². The second-order valence-corrected chi connectivity index (χ2v) is 8.23. The molecule has 4 rings (SSSR count). The molecule has 0 aliphatic carbocycles. The van der Waals surface area contributed by atoms with Gasteiger partial charge in [0.15, 0.2) is 5.11 Å². The van der Waals surface area contributed by atoms with E-state index in [1.54, 1.807) is 6.08 Å². The fourth-order valence-electron chi connectivity index (χ4n) is 3.79. The highest BCUT2D eigenvalue weighted by Gasteiger charge is 2.35. The van der Waals surface area contributed by atoms with Gasteiger partial charge in [-0.2, -0.15) is 0 Å². The van der Waals surface area contributed by atoms with Gasteiger partial charge in [-0.3, -0.25) is 19.8 Å². The van der Waals surface area contributed by atoms with E-state index in [-0.39, 0.29) is 10.7 Å². The van der Waals surface area contributed by atoms with Crippen molar-refractivity contribution in [2.45, 2.75) is 27.7 Å². The maximum atomic E-state index is 13.4. The first-order chi connectivity index (χ1) is 14.8. The second-order valence-electron chi connectivity index (χ2n) is 7.84. The van der Waals surface area contributed by atoms with Gasteiger partial charge in [-0.15, -0.1) is 0 Å². The molecule has 5 nitrogen and oxygen atoms in total. The topological polar surface area (TPSA) is 54.3 Å². The summed E-state index contributed by atoms with van der Waals surface area (Å²) in [7, 11) is 0. The van der Waals surface area contributed by atoms with Gasteiger partial charge in [-0.05, 0) is 86.9 Å². The number of benzene rings is 2. The third-order valence-electron chi connectivity index (χ3n) is 5.39. The minimum absolute atomic E-state index is 0.0409. The average Bonchev–Trinajstić information content (AvgIpc) is 3.15. The summed E-state index contributed by atoms with van der Waals surface area (Å²) >= 11 is 5.34. The summed E-state index contributed by atoms with van der Waals surface area (Å²) in [6.07, 6.45) is 3.54. The van der Waals surface area contributed by atoms with Crippen LogP contribution < -0.4 is 10.2 Å². The predicted molar refractivity (Wildman–Crippen MR) is 127 cm³/mol. The molecule has 1 aromatic heterocycles. The van der Waals surface area contributed by atoms with E-state index in [0.717, 1.165) is 28.1 Å². The van der Waals surface area contributed by atoms with Gasteiger partial charge >= 0.3 is 0 Å². The molecule has 0 radical (unpaired) electrons. The van der Waals surface area contributed by atoms with Gasteiger partial charge in [0.2, 0.25) is 0 Å². The molecule has 0 atom stereocenters. The number of thiocarbonyl (C=S) groups is 1. The molecule has 0 unspecified atom stereocenters. The van der Waals surface area contributed by atoms with Gasteiger partial charge in [-0.1, -0.05) is 29.8 Å². The van der Waals surface area contributed by atoms with Crippen LogP contribution in [-0.4, -0.2) is 21.5 Å². The van der Waals surface area contributed by atoms with Gasteiger partial charge in [-0.25, -0.2) is 0 Å². The van der Waals surface area contributed by atoms with Crippen molar-refractivity contribution in [3.8, 4) is 5.69 Å². The Morgan fingerprint density at radius 2 is 1.58 bits per heavy atom. The zero-order valence-corrected chi connectivity index (χ0v) is 18.7. The lowest BCUT2D eigenvalue weighted by molar-refractivity contribution is -0.122. The summed E-state index contributed by atoms with van der Waals surface area (Å²) in [5.74, 6) is -0.930. The van der Waals surface area contributed by atoms with E-state index in [0.29, 0.717) is 5.69 Å². The lowest BCUT2D eigenvalue weighted by atomic mass is 10.1. The van der Waals surface area contributed by atoms with Crippen LogP contribution in [0.2, 0.25) is 0 Å². The van der Waals surface area contributed by atoms with Crippen molar-refractivity contribution in [2.24, 2.45) is 0 Å². The molecule has 3 aromatic rings.